The Bertz CT molecular complexity index is 1580. The largest absolute Gasteiger partial charge is 0.381 e. The summed E-state index contributed by atoms with van der Waals surface area (Å²) >= 11 is 0. The van der Waals surface area contributed by atoms with Crippen molar-refractivity contribution in [2.75, 3.05) is 18.5 Å². The number of ether oxygens (including phenoxy) is 1. The molecule has 4 aromatic rings. The number of nitrogens with one attached hydrogen (secondary N) is 2. The summed E-state index contributed by atoms with van der Waals surface area (Å²) in [5.74, 6) is -0.678. The Balaban J connectivity index is 1.54. The average Bonchev–Trinajstić information content (AvgIpc) is 3.21. The van der Waals surface area contributed by atoms with Gasteiger partial charge in [-0.25, -0.2) is 0 Å². The highest BCUT2D eigenvalue weighted by Crippen LogP contribution is 2.37. The molecule has 3 aromatic carbocycles. The highest BCUT2D eigenvalue weighted by molar-refractivity contribution is 6.11. The number of hydrogen-bond acceptors (Lipinski definition) is 4. The van der Waals surface area contributed by atoms with E-state index >= 15 is 0 Å². The van der Waals surface area contributed by atoms with Gasteiger partial charge in [-0.3, -0.25) is 14.4 Å². The van der Waals surface area contributed by atoms with Crippen LogP contribution in [0.5, 0.6) is 0 Å². The summed E-state index contributed by atoms with van der Waals surface area (Å²) in [6.07, 6.45) is 3.73. The van der Waals surface area contributed by atoms with Crippen molar-refractivity contribution >= 4 is 34.2 Å². The molecule has 0 saturated carbocycles. The SMILES string of the molecule is C=CC(=O)Nc1cccc(-c2ccc(C(N)=O)c3[nH]c(-c4ccc(C(=O)C5CCCOCC5)cc4)cc23)c1C. The fourth-order valence-electron chi connectivity index (χ4n) is 5.28. The Morgan fingerprint density at radius 2 is 1.82 bits per heavy atom. The Morgan fingerprint density at radius 1 is 1.03 bits per heavy atom. The predicted molar refractivity (Wildman–Crippen MR) is 154 cm³/mol. The second-order valence-electron chi connectivity index (χ2n) is 9.85. The maximum atomic E-state index is 13.1. The Labute approximate surface area is 227 Å². The van der Waals surface area contributed by atoms with E-state index < -0.39 is 5.91 Å². The first-order valence-corrected chi connectivity index (χ1v) is 13.1. The van der Waals surface area contributed by atoms with E-state index in [1.165, 1.54) is 6.08 Å². The molecule has 7 nitrogen and oxygen atoms in total. The highest BCUT2D eigenvalue weighted by Gasteiger charge is 2.22. The molecule has 1 unspecified atom stereocenters. The zero-order valence-corrected chi connectivity index (χ0v) is 21.9. The van der Waals surface area contributed by atoms with Crippen molar-refractivity contribution in [2.24, 2.45) is 11.7 Å². The van der Waals surface area contributed by atoms with Crippen LogP contribution in [-0.4, -0.2) is 35.8 Å². The van der Waals surface area contributed by atoms with Gasteiger partial charge in [-0.15, -0.1) is 0 Å². The van der Waals surface area contributed by atoms with E-state index in [0.29, 0.717) is 35.5 Å². The molecular formula is C32H31N3O4. The fourth-order valence-corrected chi connectivity index (χ4v) is 5.28. The number of Topliss-reactive ketones (excluding diaryl/α,β-unsaturated/α-hetero) is 1. The van der Waals surface area contributed by atoms with E-state index in [9.17, 15) is 14.4 Å². The summed E-state index contributed by atoms with van der Waals surface area (Å²) in [4.78, 5) is 40.7. The smallest absolute Gasteiger partial charge is 0.250 e. The Hall–Kier alpha value is -4.49. The molecule has 1 saturated heterocycles. The number of rotatable bonds is 7. The maximum absolute atomic E-state index is 13.1. The van der Waals surface area contributed by atoms with Crippen molar-refractivity contribution < 1.29 is 19.1 Å². The lowest BCUT2D eigenvalue weighted by Crippen LogP contribution is -2.15. The third kappa shape index (κ3) is 5.26. The standard InChI is InChI=1S/C32H31N3O4/c1-3-29(36)34-27-8-4-7-23(19(27)2)24-13-14-25(32(33)38)30-26(24)18-28(35-30)20-9-11-22(12-10-20)31(37)21-6-5-16-39-17-15-21/h3-4,7-14,18,21,35H,1,5-6,15-17H2,2H3,(H2,33,38)(H,34,36). The molecular weight excluding hydrogens is 490 g/mol. The lowest BCUT2D eigenvalue weighted by molar-refractivity contribution is -0.111. The van der Waals surface area contributed by atoms with Gasteiger partial charge < -0.3 is 20.8 Å². The van der Waals surface area contributed by atoms with Crippen LogP contribution in [0.25, 0.3) is 33.3 Å². The van der Waals surface area contributed by atoms with Crippen LogP contribution in [0.15, 0.2) is 73.3 Å². The lowest BCUT2D eigenvalue weighted by Gasteiger charge is -2.13. The summed E-state index contributed by atoms with van der Waals surface area (Å²) in [7, 11) is 0. The number of nitrogens with two attached hydrogens (primary N) is 1. The topological polar surface area (TPSA) is 114 Å². The Kier molecular flexibility index (Phi) is 7.43. The first-order chi connectivity index (χ1) is 18.9. The number of fused-ring (bicyclic) bond motifs is 1. The minimum atomic E-state index is -0.531. The number of ketones is 1. The molecule has 1 atom stereocenters. The zero-order chi connectivity index (χ0) is 27.5. The van der Waals surface area contributed by atoms with Gasteiger partial charge in [0.25, 0.3) is 5.91 Å². The van der Waals surface area contributed by atoms with Gasteiger partial charge in [0.1, 0.15) is 0 Å². The second kappa shape index (κ2) is 11.1. The van der Waals surface area contributed by atoms with Crippen LogP contribution in [0, 0.1) is 12.8 Å². The van der Waals surface area contributed by atoms with E-state index in [4.69, 9.17) is 10.5 Å². The van der Waals surface area contributed by atoms with E-state index in [0.717, 1.165) is 52.6 Å². The Morgan fingerprint density at radius 3 is 2.56 bits per heavy atom. The second-order valence-corrected chi connectivity index (χ2v) is 9.85. The molecule has 0 aliphatic carbocycles. The first kappa shape index (κ1) is 26.1. The number of primary amides is 1. The zero-order valence-electron chi connectivity index (χ0n) is 21.9. The lowest BCUT2D eigenvalue weighted by atomic mass is 9.91. The number of amides is 2. The molecule has 1 aliphatic heterocycles. The number of aromatic nitrogens is 1. The quantitative estimate of drug-likeness (QED) is 0.203. The van der Waals surface area contributed by atoms with Crippen molar-refractivity contribution in [3.05, 3.63) is 90.0 Å². The van der Waals surface area contributed by atoms with Crippen LogP contribution in [0.2, 0.25) is 0 Å². The minimum absolute atomic E-state index is 0.0117. The summed E-state index contributed by atoms with van der Waals surface area (Å²) in [5, 5.41) is 3.68. The van der Waals surface area contributed by atoms with Crippen molar-refractivity contribution in [2.45, 2.75) is 26.2 Å². The average molecular weight is 522 g/mol. The molecule has 0 spiro atoms. The van der Waals surface area contributed by atoms with Crippen molar-refractivity contribution in [1.29, 1.82) is 0 Å². The number of carbonyl (C=O) groups excluding carboxylic acids is 3. The van der Waals surface area contributed by atoms with Crippen LogP contribution < -0.4 is 11.1 Å². The first-order valence-electron chi connectivity index (χ1n) is 13.1. The molecule has 4 N–H and O–H groups in total. The number of hydrogen-bond donors (Lipinski definition) is 3. The predicted octanol–water partition coefficient (Wildman–Crippen LogP) is 6.03. The number of aromatic amines is 1. The fraction of sp³-hybridized carbons (Fsp3) is 0.219. The van der Waals surface area contributed by atoms with Crippen LogP contribution >= 0.6 is 0 Å². The number of H-pyrrole nitrogens is 1. The number of anilines is 1. The molecule has 0 radical (unpaired) electrons. The van der Waals surface area contributed by atoms with Gasteiger partial charge in [-0.2, -0.15) is 0 Å². The van der Waals surface area contributed by atoms with Gasteiger partial charge in [0.2, 0.25) is 5.91 Å². The highest BCUT2D eigenvalue weighted by atomic mass is 16.5. The summed E-state index contributed by atoms with van der Waals surface area (Å²) in [6, 6.07) is 18.8. The molecule has 1 aliphatic rings. The molecule has 2 amide bonds. The van der Waals surface area contributed by atoms with Gasteiger partial charge in [-0.05, 0) is 72.7 Å². The van der Waals surface area contributed by atoms with Gasteiger partial charge in [0, 0.05) is 41.5 Å². The van der Waals surface area contributed by atoms with Gasteiger partial charge in [0.05, 0.1) is 11.1 Å². The van der Waals surface area contributed by atoms with Crippen LogP contribution in [0.1, 0.15) is 45.5 Å². The van der Waals surface area contributed by atoms with E-state index in [2.05, 4.69) is 16.9 Å². The molecule has 7 heteroatoms. The molecule has 1 fully saturated rings. The van der Waals surface area contributed by atoms with Gasteiger partial charge >= 0.3 is 0 Å². The third-order valence-electron chi connectivity index (χ3n) is 7.43. The van der Waals surface area contributed by atoms with Crippen LogP contribution in [0.4, 0.5) is 5.69 Å². The van der Waals surface area contributed by atoms with E-state index in [1.54, 1.807) is 6.07 Å². The van der Waals surface area contributed by atoms with Gasteiger partial charge in [0.15, 0.2) is 5.78 Å². The summed E-state index contributed by atoms with van der Waals surface area (Å²) in [5.41, 5.74) is 12.5. The summed E-state index contributed by atoms with van der Waals surface area (Å²) < 4.78 is 5.51. The normalized spacial score (nSPS) is 15.5. The van der Waals surface area contributed by atoms with Crippen LogP contribution in [0.3, 0.4) is 0 Å². The molecule has 1 aromatic heterocycles. The molecule has 198 valence electrons. The third-order valence-corrected chi connectivity index (χ3v) is 7.43. The van der Waals surface area contributed by atoms with E-state index in [1.807, 2.05) is 61.5 Å². The van der Waals surface area contributed by atoms with Crippen LogP contribution in [-0.2, 0) is 9.53 Å². The van der Waals surface area contributed by atoms with Crippen molar-refractivity contribution in [3.63, 3.8) is 0 Å². The van der Waals surface area contributed by atoms with E-state index in [-0.39, 0.29) is 17.6 Å². The molecule has 0 bridgehead atoms. The molecule has 2 heterocycles. The van der Waals surface area contributed by atoms with Crippen molar-refractivity contribution in [3.8, 4) is 22.4 Å². The monoisotopic (exact) mass is 521 g/mol. The van der Waals surface area contributed by atoms with Gasteiger partial charge in [-0.1, -0.05) is 49.0 Å². The number of carbonyl (C=O) groups is 3. The van der Waals surface area contributed by atoms with Crippen molar-refractivity contribution in [1.82, 2.24) is 4.98 Å². The summed E-state index contributed by atoms with van der Waals surface area (Å²) in [6.45, 7) is 6.80. The molecule has 39 heavy (non-hydrogen) atoms. The number of benzene rings is 3. The molecule has 5 rings (SSSR count). The minimum Gasteiger partial charge on any atom is -0.381 e. The maximum Gasteiger partial charge on any atom is 0.250 e.